The van der Waals surface area contributed by atoms with Gasteiger partial charge >= 0.3 is 5.97 Å². The van der Waals surface area contributed by atoms with E-state index in [1.807, 2.05) is 6.92 Å². The van der Waals surface area contributed by atoms with Gasteiger partial charge in [0.1, 0.15) is 5.75 Å². The molecule has 1 fully saturated rings. The SMILES string of the molecule is CCOc1ccc(S(=O)(=O)N[C@@H]2CC[C@H](CC(=O)O)C2)c(C)c1. The van der Waals surface area contributed by atoms with Crippen LogP contribution < -0.4 is 9.46 Å². The number of carboxylic acid groups (broad SMARTS) is 1. The van der Waals surface area contributed by atoms with Crippen LogP contribution in [0.3, 0.4) is 0 Å². The van der Waals surface area contributed by atoms with Crippen molar-refractivity contribution in [1.82, 2.24) is 4.72 Å². The van der Waals surface area contributed by atoms with Gasteiger partial charge in [0.05, 0.1) is 11.5 Å². The van der Waals surface area contributed by atoms with Crippen LogP contribution >= 0.6 is 0 Å². The monoisotopic (exact) mass is 341 g/mol. The maximum Gasteiger partial charge on any atom is 0.303 e. The number of hydrogen-bond acceptors (Lipinski definition) is 4. The summed E-state index contributed by atoms with van der Waals surface area (Å²) in [6.07, 6.45) is 2.08. The lowest BCUT2D eigenvalue weighted by Gasteiger charge is -2.15. The quantitative estimate of drug-likeness (QED) is 0.794. The average Bonchev–Trinajstić information content (AvgIpc) is 2.84. The smallest absolute Gasteiger partial charge is 0.303 e. The maximum absolute atomic E-state index is 12.5. The number of hydrogen-bond donors (Lipinski definition) is 2. The minimum absolute atomic E-state index is 0.0432. The lowest BCUT2D eigenvalue weighted by atomic mass is 10.0. The van der Waals surface area contributed by atoms with E-state index >= 15 is 0 Å². The molecule has 0 aromatic heterocycles. The van der Waals surface area contributed by atoms with Gasteiger partial charge < -0.3 is 9.84 Å². The van der Waals surface area contributed by atoms with Gasteiger partial charge in [-0.2, -0.15) is 0 Å². The van der Waals surface area contributed by atoms with E-state index < -0.39 is 16.0 Å². The summed E-state index contributed by atoms with van der Waals surface area (Å²) in [6.45, 7) is 4.13. The number of aryl methyl sites for hydroxylation is 1. The first-order valence-electron chi connectivity index (χ1n) is 7.79. The number of sulfonamides is 1. The molecule has 6 nitrogen and oxygen atoms in total. The topological polar surface area (TPSA) is 92.7 Å². The van der Waals surface area contributed by atoms with Crippen LogP contribution in [0, 0.1) is 12.8 Å². The number of carboxylic acids is 1. The molecule has 0 bridgehead atoms. The second kappa shape index (κ2) is 7.31. The van der Waals surface area contributed by atoms with Gasteiger partial charge in [0.25, 0.3) is 0 Å². The fourth-order valence-electron chi connectivity index (χ4n) is 3.08. The van der Waals surface area contributed by atoms with Crippen LogP contribution in [-0.4, -0.2) is 32.1 Å². The zero-order chi connectivity index (χ0) is 17.0. The van der Waals surface area contributed by atoms with Crippen LogP contribution in [0.2, 0.25) is 0 Å². The van der Waals surface area contributed by atoms with E-state index in [4.69, 9.17) is 9.84 Å². The number of benzene rings is 1. The number of nitrogens with one attached hydrogen (secondary N) is 1. The first-order valence-corrected chi connectivity index (χ1v) is 9.27. The molecule has 0 unspecified atom stereocenters. The molecule has 1 aliphatic rings. The van der Waals surface area contributed by atoms with E-state index in [1.165, 1.54) is 0 Å². The van der Waals surface area contributed by atoms with Crippen molar-refractivity contribution in [3.05, 3.63) is 23.8 Å². The molecular formula is C16H23NO5S. The highest BCUT2D eigenvalue weighted by Gasteiger charge is 2.30. The molecule has 1 aromatic carbocycles. The van der Waals surface area contributed by atoms with Crippen molar-refractivity contribution >= 4 is 16.0 Å². The van der Waals surface area contributed by atoms with Crippen molar-refractivity contribution in [2.75, 3.05) is 6.61 Å². The van der Waals surface area contributed by atoms with Crippen LogP contribution in [0.5, 0.6) is 5.75 Å². The number of ether oxygens (including phenoxy) is 1. The molecule has 1 aliphatic carbocycles. The van der Waals surface area contributed by atoms with Gasteiger partial charge in [-0.05, 0) is 62.8 Å². The van der Waals surface area contributed by atoms with Crippen molar-refractivity contribution in [2.45, 2.75) is 50.5 Å². The maximum atomic E-state index is 12.5. The van der Waals surface area contributed by atoms with Gasteiger partial charge in [0, 0.05) is 12.5 Å². The number of carbonyl (C=O) groups is 1. The molecular weight excluding hydrogens is 318 g/mol. The Kier molecular flexibility index (Phi) is 5.64. The summed E-state index contributed by atoms with van der Waals surface area (Å²) in [4.78, 5) is 11.0. The lowest BCUT2D eigenvalue weighted by Crippen LogP contribution is -2.33. The molecule has 23 heavy (non-hydrogen) atoms. The van der Waals surface area contributed by atoms with Gasteiger partial charge in [-0.1, -0.05) is 0 Å². The summed E-state index contributed by atoms with van der Waals surface area (Å²) in [5, 5.41) is 8.83. The largest absolute Gasteiger partial charge is 0.494 e. The molecule has 0 spiro atoms. The van der Waals surface area contributed by atoms with Crippen molar-refractivity contribution in [3.8, 4) is 5.75 Å². The lowest BCUT2D eigenvalue weighted by molar-refractivity contribution is -0.138. The standard InChI is InChI=1S/C16H23NO5S/c1-3-22-14-6-7-15(11(2)8-14)23(20,21)17-13-5-4-12(9-13)10-16(18)19/h6-8,12-13,17H,3-5,9-10H2,1-2H3,(H,18,19)/t12-,13+/m0/s1. The third-order valence-electron chi connectivity index (χ3n) is 4.07. The van der Waals surface area contributed by atoms with E-state index in [-0.39, 0.29) is 23.3 Å². The van der Waals surface area contributed by atoms with Gasteiger partial charge in [0.15, 0.2) is 0 Å². The Balaban J connectivity index is 2.06. The summed E-state index contributed by atoms with van der Waals surface area (Å²) in [5.74, 6) is -0.145. The number of aliphatic carboxylic acids is 1. The van der Waals surface area contributed by atoms with Gasteiger partial charge in [-0.3, -0.25) is 4.79 Å². The Morgan fingerprint density at radius 3 is 2.74 bits per heavy atom. The predicted molar refractivity (Wildman–Crippen MR) is 86.1 cm³/mol. The Bertz CT molecular complexity index is 671. The van der Waals surface area contributed by atoms with Crippen LogP contribution in [-0.2, 0) is 14.8 Å². The van der Waals surface area contributed by atoms with Crippen LogP contribution in [0.4, 0.5) is 0 Å². The van der Waals surface area contributed by atoms with Crippen LogP contribution in [0.1, 0.15) is 38.2 Å². The summed E-state index contributed by atoms with van der Waals surface area (Å²) in [7, 11) is -3.61. The molecule has 7 heteroatoms. The third-order valence-corrected chi connectivity index (χ3v) is 5.75. The molecule has 0 aliphatic heterocycles. The zero-order valence-corrected chi connectivity index (χ0v) is 14.2. The Morgan fingerprint density at radius 1 is 1.39 bits per heavy atom. The van der Waals surface area contributed by atoms with E-state index in [9.17, 15) is 13.2 Å². The van der Waals surface area contributed by atoms with Gasteiger partial charge in [-0.25, -0.2) is 13.1 Å². The molecule has 2 N–H and O–H groups in total. The molecule has 0 radical (unpaired) electrons. The minimum Gasteiger partial charge on any atom is -0.494 e. The van der Waals surface area contributed by atoms with Gasteiger partial charge in [0.2, 0.25) is 10.0 Å². The first kappa shape index (κ1) is 17.7. The van der Waals surface area contributed by atoms with Crippen LogP contribution in [0.25, 0.3) is 0 Å². The first-order chi connectivity index (χ1) is 10.8. The van der Waals surface area contributed by atoms with Crippen molar-refractivity contribution < 1.29 is 23.1 Å². The Hall–Kier alpha value is -1.60. The van der Waals surface area contributed by atoms with Crippen molar-refractivity contribution in [1.29, 1.82) is 0 Å². The normalized spacial score (nSPS) is 21.3. The summed E-state index contributed by atoms with van der Waals surface area (Å²) >= 11 is 0. The number of rotatable bonds is 7. The Morgan fingerprint density at radius 2 is 2.13 bits per heavy atom. The fourth-order valence-corrected chi connectivity index (χ4v) is 4.59. The highest BCUT2D eigenvalue weighted by molar-refractivity contribution is 7.89. The van der Waals surface area contributed by atoms with Crippen molar-refractivity contribution in [2.24, 2.45) is 5.92 Å². The third kappa shape index (κ3) is 4.68. The van der Waals surface area contributed by atoms with E-state index in [2.05, 4.69) is 4.72 Å². The molecule has 2 atom stereocenters. The second-order valence-corrected chi connectivity index (χ2v) is 7.64. The minimum atomic E-state index is -3.61. The fraction of sp³-hybridized carbons (Fsp3) is 0.562. The van der Waals surface area contributed by atoms with E-state index in [0.29, 0.717) is 30.8 Å². The molecule has 0 saturated heterocycles. The van der Waals surface area contributed by atoms with E-state index in [1.54, 1.807) is 25.1 Å². The summed E-state index contributed by atoms with van der Waals surface area (Å²) in [6, 6.07) is 4.70. The summed E-state index contributed by atoms with van der Waals surface area (Å²) in [5.41, 5.74) is 0.628. The molecule has 1 aromatic rings. The molecule has 128 valence electrons. The van der Waals surface area contributed by atoms with Crippen molar-refractivity contribution in [3.63, 3.8) is 0 Å². The second-order valence-electron chi connectivity index (χ2n) is 5.96. The van der Waals surface area contributed by atoms with Crippen LogP contribution in [0.15, 0.2) is 23.1 Å². The zero-order valence-electron chi connectivity index (χ0n) is 13.4. The van der Waals surface area contributed by atoms with E-state index in [0.717, 1.165) is 6.42 Å². The summed E-state index contributed by atoms with van der Waals surface area (Å²) < 4.78 is 33.2. The highest BCUT2D eigenvalue weighted by atomic mass is 32.2. The predicted octanol–water partition coefficient (Wildman–Crippen LogP) is 2.32. The van der Waals surface area contributed by atoms with Gasteiger partial charge in [-0.15, -0.1) is 0 Å². The molecule has 0 heterocycles. The average molecular weight is 341 g/mol. The highest BCUT2D eigenvalue weighted by Crippen LogP contribution is 2.30. The molecule has 0 amide bonds. The molecule has 2 rings (SSSR count). The molecule has 1 saturated carbocycles. The Labute approximate surface area is 136 Å².